The second kappa shape index (κ2) is 6.11. The predicted molar refractivity (Wildman–Crippen MR) is 85.7 cm³/mol. The highest BCUT2D eigenvalue weighted by Gasteiger charge is 2.43. The molecule has 126 valence electrons. The van der Waals surface area contributed by atoms with Gasteiger partial charge >= 0.3 is 0 Å². The van der Waals surface area contributed by atoms with Gasteiger partial charge in [-0.05, 0) is 56.8 Å². The number of nitrogens with zero attached hydrogens (tertiary/aromatic N) is 1. The first kappa shape index (κ1) is 16.2. The lowest BCUT2D eigenvalue weighted by atomic mass is 9.84. The summed E-state index contributed by atoms with van der Waals surface area (Å²) in [6, 6.07) is -0.351. The molecule has 5 atom stereocenters. The maximum absolute atomic E-state index is 12.6. The highest BCUT2D eigenvalue weighted by molar-refractivity contribution is 7.88. The largest absolute Gasteiger partial charge is 0.352 e. The van der Waals surface area contributed by atoms with Gasteiger partial charge in [-0.15, -0.1) is 0 Å². The summed E-state index contributed by atoms with van der Waals surface area (Å²) in [5, 5.41) is 3.13. The summed E-state index contributed by atoms with van der Waals surface area (Å²) in [5.74, 6) is 2.10. The molecule has 1 N–H and O–H groups in total. The lowest BCUT2D eigenvalue weighted by molar-refractivity contribution is -0.126. The first-order valence-electron chi connectivity index (χ1n) is 8.63. The molecule has 2 bridgehead atoms. The molecule has 0 aromatic heterocycles. The van der Waals surface area contributed by atoms with Gasteiger partial charge in [-0.2, -0.15) is 4.31 Å². The Kier molecular flexibility index (Phi) is 4.52. The Morgan fingerprint density at radius 1 is 1.18 bits per heavy atom. The number of fused-ring (bicyclic) bond motifs is 2. The summed E-state index contributed by atoms with van der Waals surface area (Å²) in [7, 11) is -3.31. The standard InChI is InChI=1S/C16H28N2O3S/c1-11(14-10-12-6-7-13(14)9-12)17-16(19)15-5-3-4-8-18(15)22(2,20)21/h11-15H,3-10H2,1-2H3,(H,17,19)/t11-,12-,13-,14+,15-/m0/s1. The van der Waals surface area contributed by atoms with Crippen LogP contribution in [0.3, 0.4) is 0 Å². The monoisotopic (exact) mass is 328 g/mol. The number of hydrogen-bond donors (Lipinski definition) is 1. The molecule has 0 aromatic rings. The molecule has 3 aliphatic rings. The quantitative estimate of drug-likeness (QED) is 0.855. The second-order valence-electron chi connectivity index (χ2n) is 7.52. The molecule has 1 amide bonds. The Morgan fingerprint density at radius 2 is 1.95 bits per heavy atom. The molecule has 3 fully saturated rings. The summed E-state index contributed by atoms with van der Waals surface area (Å²) in [5.41, 5.74) is 0. The molecule has 0 aromatic carbocycles. The molecule has 0 spiro atoms. The molecule has 1 heterocycles. The van der Waals surface area contributed by atoms with Crippen LogP contribution in [0, 0.1) is 17.8 Å². The molecular formula is C16H28N2O3S. The topological polar surface area (TPSA) is 66.5 Å². The smallest absolute Gasteiger partial charge is 0.238 e. The first-order valence-corrected chi connectivity index (χ1v) is 10.5. The van der Waals surface area contributed by atoms with Crippen LogP contribution >= 0.6 is 0 Å². The summed E-state index contributed by atoms with van der Waals surface area (Å²) in [6.45, 7) is 2.57. The number of piperidine rings is 1. The van der Waals surface area contributed by atoms with E-state index in [0.29, 0.717) is 18.9 Å². The number of hydrogen-bond acceptors (Lipinski definition) is 3. The normalized spacial score (nSPS) is 37.2. The minimum atomic E-state index is -3.31. The van der Waals surface area contributed by atoms with E-state index in [1.54, 1.807) is 0 Å². The zero-order valence-corrected chi connectivity index (χ0v) is 14.4. The van der Waals surface area contributed by atoms with E-state index < -0.39 is 16.1 Å². The molecular weight excluding hydrogens is 300 g/mol. The van der Waals surface area contributed by atoms with Crippen LogP contribution in [0.25, 0.3) is 0 Å². The van der Waals surface area contributed by atoms with E-state index in [2.05, 4.69) is 12.2 Å². The zero-order valence-electron chi connectivity index (χ0n) is 13.6. The SMILES string of the molecule is C[C@H](NC(=O)[C@@H]1CCCCN1S(C)(=O)=O)[C@H]1C[C@H]2CC[C@H]1C2. The third-order valence-electron chi connectivity index (χ3n) is 5.99. The Morgan fingerprint density at radius 3 is 2.55 bits per heavy atom. The average Bonchev–Trinajstić information content (AvgIpc) is 3.09. The number of sulfonamides is 1. The van der Waals surface area contributed by atoms with Crippen molar-refractivity contribution in [3.8, 4) is 0 Å². The third kappa shape index (κ3) is 3.18. The van der Waals surface area contributed by atoms with Gasteiger partial charge in [0.1, 0.15) is 6.04 Å². The van der Waals surface area contributed by atoms with Crippen LogP contribution in [0.1, 0.15) is 51.9 Å². The molecule has 2 aliphatic carbocycles. The van der Waals surface area contributed by atoms with Gasteiger partial charge in [-0.25, -0.2) is 8.42 Å². The fourth-order valence-electron chi connectivity index (χ4n) is 4.90. The van der Waals surface area contributed by atoms with Gasteiger partial charge in [0.05, 0.1) is 6.26 Å². The van der Waals surface area contributed by atoms with Crippen LogP contribution in [-0.4, -0.2) is 43.5 Å². The highest BCUT2D eigenvalue weighted by atomic mass is 32.2. The summed E-state index contributed by atoms with van der Waals surface area (Å²) < 4.78 is 25.2. The molecule has 3 rings (SSSR count). The van der Waals surface area contributed by atoms with Crippen LogP contribution in [0.5, 0.6) is 0 Å². The molecule has 1 saturated heterocycles. The number of amides is 1. The van der Waals surface area contributed by atoms with Gasteiger partial charge in [0.15, 0.2) is 0 Å². The van der Waals surface area contributed by atoms with E-state index in [1.807, 2.05) is 0 Å². The van der Waals surface area contributed by atoms with E-state index in [1.165, 1.54) is 36.2 Å². The lowest BCUT2D eigenvalue weighted by Gasteiger charge is -2.35. The van der Waals surface area contributed by atoms with Crippen LogP contribution in [0.15, 0.2) is 0 Å². The van der Waals surface area contributed by atoms with E-state index >= 15 is 0 Å². The number of carbonyl (C=O) groups is 1. The van der Waals surface area contributed by atoms with Gasteiger partial charge in [0.2, 0.25) is 15.9 Å². The second-order valence-corrected chi connectivity index (χ2v) is 9.46. The molecule has 0 radical (unpaired) electrons. The molecule has 1 aliphatic heterocycles. The van der Waals surface area contributed by atoms with Crippen molar-refractivity contribution in [2.45, 2.75) is 64.0 Å². The fraction of sp³-hybridized carbons (Fsp3) is 0.938. The van der Waals surface area contributed by atoms with Crippen molar-refractivity contribution >= 4 is 15.9 Å². The van der Waals surface area contributed by atoms with E-state index in [0.717, 1.165) is 24.7 Å². The van der Waals surface area contributed by atoms with E-state index in [9.17, 15) is 13.2 Å². The van der Waals surface area contributed by atoms with Gasteiger partial charge in [0.25, 0.3) is 0 Å². The Balaban J connectivity index is 1.63. The van der Waals surface area contributed by atoms with Gasteiger partial charge < -0.3 is 5.32 Å². The van der Waals surface area contributed by atoms with Crippen molar-refractivity contribution in [2.24, 2.45) is 17.8 Å². The van der Waals surface area contributed by atoms with Crippen LogP contribution < -0.4 is 5.32 Å². The van der Waals surface area contributed by atoms with Crippen LogP contribution in [0.4, 0.5) is 0 Å². The molecule has 0 unspecified atom stereocenters. The third-order valence-corrected chi connectivity index (χ3v) is 7.28. The number of nitrogens with one attached hydrogen (secondary N) is 1. The number of rotatable bonds is 4. The maximum atomic E-state index is 12.6. The minimum absolute atomic E-state index is 0.0969. The summed E-state index contributed by atoms with van der Waals surface area (Å²) >= 11 is 0. The van der Waals surface area contributed by atoms with Gasteiger partial charge in [-0.1, -0.05) is 12.8 Å². The van der Waals surface area contributed by atoms with Crippen molar-refractivity contribution in [2.75, 3.05) is 12.8 Å². The van der Waals surface area contributed by atoms with E-state index in [-0.39, 0.29) is 11.9 Å². The lowest BCUT2D eigenvalue weighted by Crippen LogP contribution is -2.54. The maximum Gasteiger partial charge on any atom is 0.238 e. The summed E-state index contributed by atoms with van der Waals surface area (Å²) in [6.07, 6.45) is 8.82. The first-order chi connectivity index (χ1) is 10.4. The molecule has 22 heavy (non-hydrogen) atoms. The Labute approximate surface area is 133 Å². The van der Waals surface area contributed by atoms with Crippen molar-refractivity contribution < 1.29 is 13.2 Å². The Bertz CT molecular complexity index is 534. The van der Waals surface area contributed by atoms with Crippen molar-refractivity contribution in [1.29, 1.82) is 0 Å². The van der Waals surface area contributed by atoms with Gasteiger partial charge in [0, 0.05) is 12.6 Å². The van der Waals surface area contributed by atoms with Crippen molar-refractivity contribution in [3.05, 3.63) is 0 Å². The fourth-order valence-corrected chi connectivity index (χ4v) is 6.02. The van der Waals surface area contributed by atoms with Crippen molar-refractivity contribution in [3.63, 3.8) is 0 Å². The number of carbonyl (C=O) groups excluding carboxylic acids is 1. The molecule has 6 heteroatoms. The predicted octanol–water partition coefficient (Wildman–Crippen LogP) is 1.74. The van der Waals surface area contributed by atoms with Crippen molar-refractivity contribution in [1.82, 2.24) is 9.62 Å². The molecule has 5 nitrogen and oxygen atoms in total. The van der Waals surface area contributed by atoms with Gasteiger partial charge in [-0.3, -0.25) is 4.79 Å². The van der Waals surface area contributed by atoms with Crippen LogP contribution in [-0.2, 0) is 14.8 Å². The average molecular weight is 328 g/mol. The Hall–Kier alpha value is -0.620. The van der Waals surface area contributed by atoms with E-state index in [4.69, 9.17) is 0 Å². The minimum Gasteiger partial charge on any atom is -0.352 e. The zero-order chi connectivity index (χ0) is 15.9. The highest BCUT2D eigenvalue weighted by Crippen LogP contribution is 2.49. The van der Waals surface area contributed by atoms with Crippen LogP contribution in [0.2, 0.25) is 0 Å². The summed E-state index contributed by atoms with van der Waals surface area (Å²) in [4.78, 5) is 12.6. The molecule has 2 saturated carbocycles.